The number of thiazole rings is 1. The first-order valence-corrected chi connectivity index (χ1v) is 8.37. The van der Waals surface area contributed by atoms with Crippen LogP contribution < -0.4 is 10.6 Å². The lowest BCUT2D eigenvalue weighted by Gasteiger charge is -2.15. The Morgan fingerprint density at radius 2 is 2.24 bits per heavy atom. The van der Waals surface area contributed by atoms with Gasteiger partial charge >= 0.3 is 6.03 Å². The lowest BCUT2D eigenvalue weighted by molar-refractivity contribution is 0.252. The van der Waals surface area contributed by atoms with Gasteiger partial charge in [0.05, 0.1) is 22.8 Å². The van der Waals surface area contributed by atoms with Crippen molar-refractivity contribution in [2.24, 2.45) is 0 Å². The number of nitrogens with one attached hydrogen (secondary N) is 2. The highest BCUT2D eigenvalue weighted by Crippen LogP contribution is 2.41. The van der Waals surface area contributed by atoms with Crippen LogP contribution in [0.4, 0.5) is 9.93 Å². The minimum atomic E-state index is -0.243. The van der Waals surface area contributed by atoms with Crippen molar-refractivity contribution >= 4 is 34.0 Å². The van der Waals surface area contributed by atoms with Crippen molar-refractivity contribution in [1.82, 2.24) is 19.9 Å². The molecular weight excluding hydrogens is 306 g/mol. The molecule has 0 saturated heterocycles. The maximum Gasteiger partial charge on any atom is 0.321 e. The fraction of sp³-hybridized carbons (Fsp3) is 0.538. The Kier molecular flexibility index (Phi) is 3.66. The number of hydrogen-bond acceptors (Lipinski definition) is 6. The predicted octanol–water partition coefficient (Wildman–Crippen LogP) is 2.85. The number of urea groups is 1. The summed E-state index contributed by atoms with van der Waals surface area (Å²) in [5, 5.41) is 10.2. The molecule has 112 valence electrons. The molecule has 2 N–H and O–H groups in total. The largest absolute Gasteiger partial charge is 0.333 e. The van der Waals surface area contributed by atoms with Crippen LogP contribution in [0, 0.1) is 6.92 Å². The molecule has 2 aromatic heterocycles. The Balaban J connectivity index is 1.60. The molecule has 8 heteroatoms. The number of hydrogen-bond donors (Lipinski definition) is 2. The second-order valence-electron chi connectivity index (χ2n) is 5.76. The van der Waals surface area contributed by atoms with Crippen LogP contribution in [0.2, 0.25) is 0 Å². The molecule has 2 aromatic rings. The van der Waals surface area contributed by atoms with E-state index >= 15 is 0 Å². The molecule has 0 bridgehead atoms. The normalized spacial score (nSPS) is 15.8. The predicted molar refractivity (Wildman–Crippen MR) is 84.0 cm³/mol. The Bertz CT molecular complexity index is 676. The number of rotatable bonds is 3. The SMILES string of the molecule is Cc1nnsc1CNC(=O)Nc1nc2c(s1)CCC2(C)C. The first kappa shape index (κ1) is 14.4. The van der Waals surface area contributed by atoms with Gasteiger partial charge in [-0.25, -0.2) is 9.78 Å². The highest BCUT2D eigenvalue weighted by atomic mass is 32.1. The van der Waals surface area contributed by atoms with Gasteiger partial charge in [-0.2, -0.15) is 0 Å². The zero-order chi connectivity index (χ0) is 15.0. The molecule has 0 saturated carbocycles. The molecule has 0 unspecified atom stereocenters. The van der Waals surface area contributed by atoms with Crippen molar-refractivity contribution < 1.29 is 4.79 Å². The molecule has 0 atom stereocenters. The molecular formula is C13H17N5OS2. The molecule has 0 spiro atoms. The summed E-state index contributed by atoms with van der Waals surface area (Å²) in [5.74, 6) is 0. The van der Waals surface area contributed by atoms with Crippen molar-refractivity contribution in [3.8, 4) is 0 Å². The van der Waals surface area contributed by atoms with Crippen LogP contribution in [0.5, 0.6) is 0 Å². The summed E-state index contributed by atoms with van der Waals surface area (Å²) in [6, 6.07) is -0.243. The first-order chi connectivity index (χ1) is 9.95. The van der Waals surface area contributed by atoms with E-state index < -0.39 is 0 Å². The van der Waals surface area contributed by atoms with Crippen molar-refractivity contribution in [1.29, 1.82) is 0 Å². The summed E-state index contributed by atoms with van der Waals surface area (Å²) in [4.78, 5) is 18.7. The van der Waals surface area contributed by atoms with E-state index in [1.54, 1.807) is 11.3 Å². The lowest BCUT2D eigenvalue weighted by Crippen LogP contribution is -2.28. The van der Waals surface area contributed by atoms with Crippen molar-refractivity contribution in [3.63, 3.8) is 0 Å². The molecule has 0 radical (unpaired) electrons. The Morgan fingerprint density at radius 1 is 1.43 bits per heavy atom. The molecule has 0 aliphatic heterocycles. The third-order valence-corrected chi connectivity index (χ3v) is 5.54. The van der Waals surface area contributed by atoms with E-state index in [0.29, 0.717) is 11.7 Å². The van der Waals surface area contributed by atoms with Gasteiger partial charge in [-0.1, -0.05) is 18.3 Å². The van der Waals surface area contributed by atoms with Crippen LogP contribution in [0.15, 0.2) is 0 Å². The fourth-order valence-electron chi connectivity index (χ4n) is 2.36. The second-order valence-corrected chi connectivity index (χ2v) is 7.69. The van der Waals surface area contributed by atoms with Crippen LogP contribution in [-0.2, 0) is 18.4 Å². The summed E-state index contributed by atoms with van der Waals surface area (Å²) >= 11 is 2.87. The molecule has 6 nitrogen and oxygen atoms in total. The molecule has 2 amide bonds. The zero-order valence-corrected chi connectivity index (χ0v) is 13.8. The number of amides is 2. The van der Waals surface area contributed by atoms with Gasteiger partial charge in [0.2, 0.25) is 0 Å². The Morgan fingerprint density at radius 3 is 2.90 bits per heavy atom. The number of aryl methyl sites for hydroxylation is 2. The number of aromatic nitrogens is 3. The monoisotopic (exact) mass is 323 g/mol. The zero-order valence-electron chi connectivity index (χ0n) is 12.2. The summed E-state index contributed by atoms with van der Waals surface area (Å²) in [6.45, 7) is 6.71. The van der Waals surface area contributed by atoms with E-state index in [4.69, 9.17) is 0 Å². The number of nitrogens with zero attached hydrogens (tertiary/aromatic N) is 3. The molecule has 0 fully saturated rings. The van der Waals surface area contributed by atoms with Gasteiger partial charge in [0, 0.05) is 10.3 Å². The summed E-state index contributed by atoms with van der Waals surface area (Å²) < 4.78 is 3.84. The van der Waals surface area contributed by atoms with Crippen molar-refractivity contribution in [2.45, 2.75) is 45.6 Å². The standard InChI is InChI=1S/C13H17N5OS2/c1-7-9(21-18-17-7)6-14-11(19)16-12-15-10-8(20-12)4-5-13(10,2)3/h4-6H2,1-3H3,(H2,14,15,16,19). The highest BCUT2D eigenvalue weighted by molar-refractivity contribution is 7.16. The summed E-state index contributed by atoms with van der Waals surface area (Å²) in [5.41, 5.74) is 2.11. The average molecular weight is 323 g/mol. The average Bonchev–Trinajstić information content (AvgIpc) is 3.06. The van der Waals surface area contributed by atoms with E-state index in [-0.39, 0.29) is 11.4 Å². The van der Waals surface area contributed by atoms with Crippen LogP contribution in [0.25, 0.3) is 0 Å². The minimum Gasteiger partial charge on any atom is -0.333 e. The second kappa shape index (κ2) is 5.34. The number of anilines is 1. The Labute approximate surface area is 131 Å². The molecule has 3 rings (SSSR count). The van der Waals surface area contributed by atoms with Gasteiger partial charge in [0.25, 0.3) is 0 Å². The minimum absolute atomic E-state index is 0.119. The summed E-state index contributed by atoms with van der Waals surface area (Å²) in [6.07, 6.45) is 2.18. The van der Waals surface area contributed by atoms with Gasteiger partial charge in [-0.3, -0.25) is 5.32 Å². The van der Waals surface area contributed by atoms with E-state index in [1.807, 2.05) is 6.92 Å². The third-order valence-electron chi connectivity index (χ3n) is 3.69. The van der Waals surface area contributed by atoms with Crippen molar-refractivity contribution in [3.05, 3.63) is 21.1 Å². The van der Waals surface area contributed by atoms with Gasteiger partial charge in [0.1, 0.15) is 0 Å². The van der Waals surface area contributed by atoms with Crippen LogP contribution >= 0.6 is 22.9 Å². The number of carbonyl (C=O) groups is 1. The van der Waals surface area contributed by atoms with Crippen LogP contribution in [-0.4, -0.2) is 20.6 Å². The van der Waals surface area contributed by atoms with E-state index in [0.717, 1.165) is 29.1 Å². The first-order valence-electron chi connectivity index (χ1n) is 6.78. The molecule has 2 heterocycles. The van der Waals surface area contributed by atoms with E-state index in [1.165, 1.54) is 16.4 Å². The molecule has 1 aliphatic rings. The van der Waals surface area contributed by atoms with Gasteiger partial charge in [-0.05, 0) is 31.3 Å². The number of carbonyl (C=O) groups excluding carboxylic acids is 1. The third kappa shape index (κ3) is 2.91. The van der Waals surface area contributed by atoms with Gasteiger partial charge in [0.15, 0.2) is 5.13 Å². The van der Waals surface area contributed by atoms with Crippen LogP contribution in [0.1, 0.15) is 41.4 Å². The fourth-order valence-corrected chi connectivity index (χ4v) is 4.07. The lowest BCUT2D eigenvalue weighted by atomic mass is 9.91. The smallest absolute Gasteiger partial charge is 0.321 e. The number of fused-ring (bicyclic) bond motifs is 1. The van der Waals surface area contributed by atoms with Gasteiger partial charge < -0.3 is 5.32 Å². The Hall–Kier alpha value is -1.54. The van der Waals surface area contributed by atoms with E-state index in [9.17, 15) is 4.79 Å². The van der Waals surface area contributed by atoms with Crippen LogP contribution in [0.3, 0.4) is 0 Å². The maximum absolute atomic E-state index is 11.9. The topological polar surface area (TPSA) is 79.8 Å². The maximum atomic E-state index is 11.9. The molecule has 21 heavy (non-hydrogen) atoms. The summed E-state index contributed by atoms with van der Waals surface area (Å²) in [7, 11) is 0. The molecule has 1 aliphatic carbocycles. The quantitative estimate of drug-likeness (QED) is 0.910. The molecule has 0 aromatic carbocycles. The van der Waals surface area contributed by atoms with Gasteiger partial charge in [-0.15, -0.1) is 16.4 Å². The highest BCUT2D eigenvalue weighted by Gasteiger charge is 2.33. The van der Waals surface area contributed by atoms with Crippen molar-refractivity contribution in [2.75, 3.05) is 5.32 Å². The van der Waals surface area contributed by atoms with E-state index in [2.05, 4.69) is 39.1 Å².